The first-order valence-electron chi connectivity index (χ1n) is 11.2. The second-order valence-corrected chi connectivity index (χ2v) is 8.64. The van der Waals surface area contributed by atoms with Crippen molar-refractivity contribution in [1.29, 1.82) is 0 Å². The third-order valence-electron chi connectivity index (χ3n) is 6.72. The van der Waals surface area contributed by atoms with Crippen molar-refractivity contribution < 1.29 is 18.0 Å². The molecule has 0 radical (unpaired) electrons. The lowest BCUT2D eigenvalue weighted by Gasteiger charge is -2.40. The molecule has 34 heavy (non-hydrogen) atoms. The quantitative estimate of drug-likeness (QED) is 0.596. The number of rotatable bonds is 5. The maximum absolute atomic E-state index is 13.8. The molecule has 2 aromatic heterocycles. The number of nitrogens with zero attached hydrogens (tertiary/aromatic N) is 5. The Bertz CT molecular complexity index is 1170. The van der Waals surface area contributed by atoms with Crippen LogP contribution in [0.15, 0.2) is 55.1 Å². The third-order valence-corrected chi connectivity index (χ3v) is 6.72. The highest BCUT2D eigenvalue weighted by Crippen LogP contribution is 2.45. The number of hydrogen-bond donors (Lipinski definition) is 1. The number of carbonyl (C=O) groups is 1. The molecule has 4 unspecified atom stereocenters. The molecule has 1 aromatic carbocycles. The van der Waals surface area contributed by atoms with Crippen LogP contribution >= 0.6 is 0 Å². The number of hydrogen-bond acceptors (Lipinski definition) is 6. The second kappa shape index (κ2) is 8.66. The summed E-state index contributed by atoms with van der Waals surface area (Å²) in [6.07, 6.45) is 3.04. The molecule has 3 aromatic rings. The van der Waals surface area contributed by atoms with Gasteiger partial charge in [0, 0.05) is 30.0 Å². The number of nitrogens with one attached hydrogen (secondary N) is 1. The number of anilines is 1. The van der Waals surface area contributed by atoms with E-state index in [1.54, 1.807) is 24.5 Å². The zero-order valence-corrected chi connectivity index (χ0v) is 18.4. The fourth-order valence-electron chi connectivity index (χ4n) is 5.32. The Morgan fingerprint density at radius 3 is 2.50 bits per heavy atom. The van der Waals surface area contributed by atoms with Crippen LogP contribution in [0.4, 0.5) is 19.0 Å². The van der Waals surface area contributed by atoms with Gasteiger partial charge in [0.15, 0.2) is 11.5 Å². The summed E-state index contributed by atoms with van der Waals surface area (Å²) in [5.41, 5.74) is 0.171. The van der Waals surface area contributed by atoms with Gasteiger partial charge < -0.3 is 10.2 Å². The van der Waals surface area contributed by atoms with E-state index in [1.165, 1.54) is 0 Å². The van der Waals surface area contributed by atoms with Crippen LogP contribution in [0.1, 0.15) is 42.2 Å². The van der Waals surface area contributed by atoms with E-state index in [0.29, 0.717) is 22.9 Å². The molecule has 1 aliphatic heterocycles. The molecule has 10 heteroatoms. The fraction of sp³-hybridized carbons (Fsp3) is 0.375. The molecule has 1 N–H and O–H groups in total. The van der Waals surface area contributed by atoms with Crippen molar-refractivity contribution in [3.8, 4) is 11.4 Å². The zero-order valence-electron chi connectivity index (χ0n) is 18.4. The smallest absolute Gasteiger partial charge is 0.364 e. The first kappa shape index (κ1) is 22.2. The Morgan fingerprint density at radius 2 is 1.82 bits per heavy atom. The molecule has 2 bridgehead atoms. The number of amides is 1. The van der Waals surface area contributed by atoms with E-state index < -0.39 is 11.9 Å². The summed E-state index contributed by atoms with van der Waals surface area (Å²) < 4.78 is 38.4. The number of alkyl halides is 3. The van der Waals surface area contributed by atoms with Gasteiger partial charge in [-0.25, -0.2) is 19.9 Å². The van der Waals surface area contributed by atoms with Crippen LogP contribution in [-0.4, -0.2) is 48.9 Å². The van der Waals surface area contributed by atoms with Crippen LogP contribution in [0.3, 0.4) is 0 Å². The largest absolute Gasteiger partial charge is 0.434 e. The highest BCUT2D eigenvalue weighted by Gasteiger charge is 2.52. The van der Waals surface area contributed by atoms with Crippen LogP contribution in [0.5, 0.6) is 0 Å². The van der Waals surface area contributed by atoms with Gasteiger partial charge >= 0.3 is 6.18 Å². The number of benzene rings is 1. The molecular formula is C24H23F3N6O. The first-order valence-corrected chi connectivity index (χ1v) is 11.2. The highest BCUT2D eigenvalue weighted by molar-refractivity contribution is 6.00. The molecular weight excluding hydrogens is 445 g/mol. The summed E-state index contributed by atoms with van der Waals surface area (Å²) in [6.45, 7) is 2.07. The summed E-state index contributed by atoms with van der Waals surface area (Å²) in [6, 6.07) is 8.90. The van der Waals surface area contributed by atoms with Crippen LogP contribution < -0.4 is 5.32 Å². The van der Waals surface area contributed by atoms with E-state index in [0.717, 1.165) is 31.7 Å². The summed E-state index contributed by atoms with van der Waals surface area (Å²) in [5.74, 6) is 0.967. The maximum Gasteiger partial charge on any atom is 0.434 e. The molecule has 2 fully saturated rings. The van der Waals surface area contributed by atoms with Crippen LogP contribution in [0, 0.1) is 5.92 Å². The predicted molar refractivity (Wildman–Crippen MR) is 119 cm³/mol. The van der Waals surface area contributed by atoms with Gasteiger partial charge in [0.05, 0.1) is 24.0 Å². The van der Waals surface area contributed by atoms with Gasteiger partial charge in [0.2, 0.25) is 0 Å². The van der Waals surface area contributed by atoms with Crippen molar-refractivity contribution in [2.24, 2.45) is 5.92 Å². The van der Waals surface area contributed by atoms with E-state index >= 15 is 0 Å². The molecule has 2 aliphatic rings. The zero-order chi connectivity index (χ0) is 23.9. The Morgan fingerprint density at radius 1 is 1.06 bits per heavy atom. The van der Waals surface area contributed by atoms with E-state index in [4.69, 9.17) is 0 Å². The minimum absolute atomic E-state index is 0.0904. The molecule has 1 saturated carbocycles. The molecule has 0 spiro atoms. The van der Waals surface area contributed by atoms with E-state index in [2.05, 4.69) is 32.2 Å². The van der Waals surface area contributed by atoms with Gasteiger partial charge in [0.1, 0.15) is 5.82 Å². The van der Waals surface area contributed by atoms with Crippen LogP contribution in [0.2, 0.25) is 0 Å². The third kappa shape index (κ3) is 3.97. The van der Waals surface area contributed by atoms with Gasteiger partial charge in [-0.1, -0.05) is 25.1 Å². The van der Waals surface area contributed by atoms with Crippen molar-refractivity contribution in [2.45, 2.75) is 50.5 Å². The minimum Gasteiger partial charge on any atom is -0.364 e. The number of likely N-dealkylation sites (tertiary alicyclic amines) is 1. The minimum atomic E-state index is -4.54. The van der Waals surface area contributed by atoms with Gasteiger partial charge in [-0.05, 0) is 37.3 Å². The summed E-state index contributed by atoms with van der Waals surface area (Å²) in [4.78, 5) is 31.8. The maximum atomic E-state index is 13.8. The van der Waals surface area contributed by atoms with Gasteiger partial charge in [-0.2, -0.15) is 13.2 Å². The lowest BCUT2D eigenvalue weighted by molar-refractivity contribution is -0.141. The van der Waals surface area contributed by atoms with Crippen molar-refractivity contribution in [3.05, 3.63) is 66.4 Å². The van der Waals surface area contributed by atoms with Crippen molar-refractivity contribution in [1.82, 2.24) is 24.8 Å². The number of halogens is 3. The standard InChI is InChI=1S/C24H23F3N6O/c1-2-18-14-10-17(32-21-13-30-20(12-31-21)24(25,26)27)19(11-14)33(18)23(34)16-7-4-3-6-15(16)22-28-8-5-9-29-22/h3-9,12-14,17-19H,2,10-11H2,1H3,(H,31,32). The molecule has 1 aliphatic carbocycles. The highest BCUT2D eigenvalue weighted by atomic mass is 19.4. The summed E-state index contributed by atoms with van der Waals surface area (Å²) in [7, 11) is 0. The Balaban J connectivity index is 1.41. The first-order chi connectivity index (χ1) is 16.4. The number of carbonyl (C=O) groups excluding carboxylic acids is 1. The van der Waals surface area contributed by atoms with E-state index in [9.17, 15) is 18.0 Å². The molecule has 3 heterocycles. The number of aromatic nitrogens is 4. The topological polar surface area (TPSA) is 83.9 Å². The molecule has 7 nitrogen and oxygen atoms in total. The van der Waals surface area contributed by atoms with Crippen LogP contribution in [0.25, 0.3) is 11.4 Å². The molecule has 1 amide bonds. The Hall–Kier alpha value is -3.56. The second-order valence-electron chi connectivity index (χ2n) is 8.64. The number of fused-ring (bicyclic) bond motifs is 2. The van der Waals surface area contributed by atoms with Crippen LogP contribution in [-0.2, 0) is 6.18 Å². The molecule has 4 atom stereocenters. The lowest BCUT2D eigenvalue weighted by atomic mass is 9.93. The van der Waals surface area contributed by atoms with E-state index in [-0.39, 0.29) is 29.9 Å². The molecule has 1 saturated heterocycles. The molecule has 5 rings (SSSR count). The van der Waals surface area contributed by atoms with Gasteiger partial charge in [0.25, 0.3) is 5.91 Å². The number of piperidine rings is 1. The summed E-state index contributed by atoms with van der Waals surface area (Å²) >= 11 is 0. The predicted octanol–water partition coefficient (Wildman–Crippen LogP) is 4.45. The Labute approximate surface area is 194 Å². The normalized spacial score (nSPS) is 23.8. The monoisotopic (exact) mass is 468 g/mol. The van der Waals surface area contributed by atoms with E-state index in [1.807, 2.05) is 23.1 Å². The average Bonchev–Trinajstić information content (AvgIpc) is 3.42. The summed E-state index contributed by atoms with van der Waals surface area (Å²) in [5, 5.41) is 3.22. The average molecular weight is 468 g/mol. The lowest BCUT2D eigenvalue weighted by Crippen LogP contribution is -2.52. The molecule has 176 valence electrons. The van der Waals surface area contributed by atoms with Crippen molar-refractivity contribution in [2.75, 3.05) is 5.32 Å². The SMILES string of the molecule is CCC1C2CC(Nc3cnc(C(F)(F)F)cn3)C(C2)N1C(=O)c1ccccc1-c1ncccn1. The van der Waals surface area contributed by atoms with Gasteiger partial charge in [-0.3, -0.25) is 4.79 Å². The fourth-order valence-corrected chi connectivity index (χ4v) is 5.32. The van der Waals surface area contributed by atoms with Crippen molar-refractivity contribution >= 4 is 11.7 Å². The van der Waals surface area contributed by atoms with Gasteiger partial charge in [-0.15, -0.1) is 0 Å². The Kier molecular flexibility index (Phi) is 5.66. The van der Waals surface area contributed by atoms with Crippen molar-refractivity contribution in [3.63, 3.8) is 0 Å².